The van der Waals surface area contributed by atoms with Crippen LogP contribution in [0.2, 0.25) is 0 Å². The third-order valence-corrected chi connectivity index (χ3v) is 8.32. The van der Waals surface area contributed by atoms with Crippen molar-refractivity contribution in [2.75, 3.05) is 42.1 Å². The van der Waals surface area contributed by atoms with E-state index in [2.05, 4.69) is 10.6 Å². The van der Waals surface area contributed by atoms with E-state index in [0.717, 1.165) is 5.56 Å². The Hall–Kier alpha value is -3.69. The molecule has 3 aromatic carbocycles. The first kappa shape index (κ1) is 26.4. The Labute approximate surface area is 217 Å². The molecule has 1 heterocycles. The molecule has 0 atom stereocenters. The Kier molecular flexibility index (Phi) is 7.65. The molecule has 0 bridgehead atoms. The normalized spacial score (nSPS) is 14.5. The molecule has 0 saturated carbocycles. The molecular formula is C28H31FN4O3S. The molecule has 0 aliphatic carbocycles. The summed E-state index contributed by atoms with van der Waals surface area (Å²) in [5.74, 6) is -0.762. The van der Waals surface area contributed by atoms with Gasteiger partial charge in [-0.2, -0.15) is 0 Å². The summed E-state index contributed by atoms with van der Waals surface area (Å²) in [7, 11) is 0.270. The van der Waals surface area contributed by atoms with E-state index in [-0.39, 0.29) is 5.91 Å². The van der Waals surface area contributed by atoms with E-state index < -0.39 is 21.1 Å². The van der Waals surface area contributed by atoms with Gasteiger partial charge in [0.25, 0.3) is 5.91 Å². The number of amides is 1. The molecule has 0 spiro atoms. The maximum Gasteiger partial charge on any atom is 0.258 e. The Morgan fingerprint density at radius 3 is 2.27 bits per heavy atom. The Balaban J connectivity index is 1.73. The van der Waals surface area contributed by atoms with Gasteiger partial charge in [0.05, 0.1) is 27.9 Å². The molecule has 7 nitrogen and oxygen atoms in total. The zero-order valence-corrected chi connectivity index (χ0v) is 22.1. The van der Waals surface area contributed by atoms with E-state index >= 15 is 0 Å². The third kappa shape index (κ3) is 5.68. The van der Waals surface area contributed by atoms with Crippen LogP contribution in [0.1, 0.15) is 25.0 Å². The first-order chi connectivity index (χ1) is 17.6. The minimum absolute atomic E-state index is 0.327. The van der Waals surface area contributed by atoms with E-state index in [4.69, 9.17) is 0 Å². The number of nitrogens with one attached hydrogen (secondary N) is 2. The lowest BCUT2D eigenvalue weighted by atomic mass is 10.00. The number of anilines is 3. The van der Waals surface area contributed by atoms with E-state index in [1.54, 1.807) is 44.2 Å². The van der Waals surface area contributed by atoms with Crippen molar-refractivity contribution in [1.82, 2.24) is 4.90 Å². The molecule has 0 unspecified atom stereocenters. The van der Waals surface area contributed by atoms with Gasteiger partial charge in [0.15, 0.2) is 0 Å². The summed E-state index contributed by atoms with van der Waals surface area (Å²) in [6.45, 7) is 4.24. The summed E-state index contributed by atoms with van der Waals surface area (Å²) in [4.78, 5) is 14.9. The zero-order chi connectivity index (χ0) is 26.7. The third-order valence-electron chi connectivity index (χ3n) is 6.12. The molecule has 37 heavy (non-hydrogen) atoms. The van der Waals surface area contributed by atoms with Gasteiger partial charge in [-0.3, -0.25) is 9.10 Å². The number of halogens is 1. The van der Waals surface area contributed by atoms with Crippen LogP contribution in [0.3, 0.4) is 0 Å². The number of benzene rings is 3. The maximum atomic E-state index is 13.8. The van der Waals surface area contributed by atoms with E-state index in [1.165, 1.54) is 16.4 Å². The lowest BCUT2D eigenvalue weighted by Gasteiger charge is -2.28. The number of carbonyl (C=O) groups excluding carboxylic acids is 1. The first-order valence-electron chi connectivity index (χ1n) is 12.0. The van der Waals surface area contributed by atoms with E-state index in [1.807, 2.05) is 49.3 Å². The molecule has 194 valence electrons. The minimum atomic E-state index is -3.53. The largest absolute Gasteiger partial charge is 0.354 e. The summed E-state index contributed by atoms with van der Waals surface area (Å²) in [5.41, 5.74) is 4.01. The Bertz CT molecular complexity index is 1420. The number of likely N-dealkylation sites (N-methyl/N-ethyl adjacent to an activating group) is 1. The summed E-state index contributed by atoms with van der Waals surface area (Å²) in [6, 6.07) is 20.7. The summed E-state index contributed by atoms with van der Waals surface area (Å²) < 4.78 is 41.3. The SMILES string of the molecule is CC(C)S(=O)(=O)N(CCN(C)C)c1ccc(NC(=C2C(=O)Nc3cc(F)ccc32)c2ccccc2)cc1. The number of nitrogens with zero attached hydrogens (tertiary/aromatic N) is 2. The second-order valence-corrected chi connectivity index (χ2v) is 11.8. The molecule has 2 N–H and O–H groups in total. The zero-order valence-electron chi connectivity index (χ0n) is 21.3. The highest BCUT2D eigenvalue weighted by Gasteiger charge is 2.29. The van der Waals surface area contributed by atoms with Gasteiger partial charge < -0.3 is 15.5 Å². The van der Waals surface area contributed by atoms with Crippen molar-refractivity contribution in [2.45, 2.75) is 19.1 Å². The lowest BCUT2D eigenvalue weighted by Crippen LogP contribution is -2.40. The number of rotatable bonds is 9. The molecule has 0 saturated heterocycles. The van der Waals surface area contributed by atoms with Crippen LogP contribution in [0.5, 0.6) is 0 Å². The van der Waals surface area contributed by atoms with Crippen LogP contribution >= 0.6 is 0 Å². The fourth-order valence-corrected chi connectivity index (χ4v) is 5.34. The summed E-state index contributed by atoms with van der Waals surface area (Å²) in [6.07, 6.45) is 0. The van der Waals surface area contributed by atoms with Crippen molar-refractivity contribution >= 4 is 44.3 Å². The first-order valence-corrected chi connectivity index (χ1v) is 13.5. The fourth-order valence-electron chi connectivity index (χ4n) is 4.08. The maximum absolute atomic E-state index is 13.8. The van der Waals surface area contributed by atoms with Crippen LogP contribution in [0.15, 0.2) is 72.8 Å². The van der Waals surface area contributed by atoms with Crippen molar-refractivity contribution in [2.24, 2.45) is 0 Å². The standard InChI is InChI=1S/C28H31FN4O3S/c1-19(2)37(35,36)33(17-16-32(3)4)23-13-11-22(12-14-23)30-27(20-8-6-5-7-9-20)26-24-15-10-21(29)18-25(24)31-28(26)34/h5-15,18-19,30H,16-17H2,1-4H3,(H,31,34). The monoisotopic (exact) mass is 522 g/mol. The van der Waals surface area contributed by atoms with Crippen LogP contribution in [-0.2, 0) is 14.8 Å². The molecule has 1 aliphatic rings. The number of hydrogen-bond donors (Lipinski definition) is 2. The Morgan fingerprint density at radius 2 is 1.65 bits per heavy atom. The number of sulfonamides is 1. The molecule has 1 amide bonds. The Morgan fingerprint density at radius 1 is 0.973 bits per heavy atom. The van der Waals surface area contributed by atoms with Crippen molar-refractivity contribution in [3.63, 3.8) is 0 Å². The van der Waals surface area contributed by atoms with Crippen LogP contribution in [0.4, 0.5) is 21.5 Å². The van der Waals surface area contributed by atoms with Gasteiger partial charge in [0, 0.05) is 24.3 Å². The van der Waals surface area contributed by atoms with Gasteiger partial charge in [-0.15, -0.1) is 0 Å². The molecule has 0 aromatic heterocycles. The van der Waals surface area contributed by atoms with Gasteiger partial charge in [-0.25, -0.2) is 12.8 Å². The number of carbonyl (C=O) groups is 1. The molecular weight excluding hydrogens is 491 g/mol. The van der Waals surface area contributed by atoms with Crippen molar-refractivity contribution in [3.8, 4) is 0 Å². The molecule has 9 heteroatoms. The molecule has 4 rings (SSSR count). The second kappa shape index (κ2) is 10.7. The average molecular weight is 523 g/mol. The highest BCUT2D eigenvalue weighted by molar-refractivity contribution is 7.93. The van der Waals surface area contributed by atoms with Crippen molar-refractivity contribution in [3.05, 3.63) is 89.7 Å². The summed E-state index contributed by atoms with van der Waals surface area (Å²) in [5, 5.41) is 5.53. The highest BCUT2D eigenvalue weighted by Crippen LogP contribution is 2.38. The predicted octanol–water partition coefficient (Wildman–Crippen LogP) is 4.86. The van der Waals surface area contributed by atoms with Gasteiger partial charge in [0.2, 0.25) is 10.0 Å². The topological polar surface area (TPSA) is 81.8 Å². The smallest absolute Gasteiger partial charge is 0.258 e. The fraction of sp³-hybridized carbons (Fsp3) is 0.250. The van der Waals surface area contributed by atoms with Crippen molar-refractivity contribution < 1.29 is 17.6 Å². The van der Waals surface area contributed by atoms with E-state index in [9.17, 15) is 17.6 Å². The molecule has 3 aromatic rings. The van der Waals surface area contributed by atoms with Crippen molar-refractivity contribution in [1.29, 1.82) is 0 Å². The molecule has 1 aliphatic heterocycles. The minimum Gasteiger partial charge on any atom is -0.354 e. The van der Waals surface area contributed by atoms with Gasteiger partial charge in [-0.1, -0.05) is 30.3 Å². The van der Waals surface area contributed by atoms with Crippen LogP contribution in [0.25, 0.3) is 11.3 Å². The van der Waals surface area contributed by atoms with Crippen LogP contribution in [-0.4, -0.2) is 51.7 Å². The van der Waals surface area contributed by atoms with E-state index in [0.29, 0.717) is 47.0 Å². The van der Waals surface area contributed by atoms with Gasteiger partial charge >= 0.3 is 0 Å². The molecule has 0 fully saturated rings. The number of hydrogen-bond acceptors (Lipinski definition) is 5. The van der Waals surface area contributed by atoms with Gasteiger partial charge in [-0.05, 0) is 76.0 Å². The van der Waals surface area contributed by atoms with Crippen LogP contribution in [0, 0.1) is 5.82 Å². The molecule has 0 radical (unpaired) electrons. The lowest BCUT2D eigenvalue weighted by molar-refractivity contribution is -0.110. The quantitative estimate of drug-likeness (QED) is 0.392. The average Bonchev–Trinajstić information content (AvgIpc) is 3.18. The van der Waals surface area contributed by atoms with Crippen LogP contribution < -0.4 is 14.9 Å². The number of fused-ring (bicyclic) bond motifs is 1. The predicted molar refractivity (Wildman–Crippen MR) is 148 cm³/mol. The second-order valence-electron chi connectivity index (χ2n) is 9.40. The highest BCUT2D eigenvalue weighted by atomic mass is 32.2. The summed E-state index contributed by atoms with van der Waals surface area (Å²) >= 11 is 0. The van der Waals surface area contributed by atoms with Gasteiger partial charge in [0.1, 0.15) is 5.82 Å².